The van der Waals surface area contributed by atoms with Crippen molar-refractivity contribution in [1.82, 2.24) is 29.1 Å². The molecule has 0 radical (unpaired) electrons. The maximum atomic E-state index is 5.30. The van der Waals surface area contributed by atoms with Crippen LogP contribution in [0.5, 0.6) is 0 Å². The summed E-state index contributed by atoms with van der Waals surface area (Å²) in [6, 6.07) is 66.1. The van der Waals surface area contributed by atoms with Crippen molar-refractivity contribution in [2.24, 2.45) is 0 Å². The fourth-order valence-electron chi connectivity index (χ4n) is 9.08. The minimum Gasteiger partial charge on any atom is -0.278 e. The van der Waals surface area contributed by atoms with Crippen LogP contribution in [0.4, 0.5) is 0 Å². The predicted molar refractivity (Wildman–Crippen MR) is 254 cm³/mol. The number of hydrogen-bond acceptors (Lipinski definition) is 4. The predicted octanol–water partition coefficient (Wildman–Crippen LogP) is 13.7. The molecule has 7 aromatic carbocycles. The Labute approximate surface area is 358 Å². The second kappa shape index (κ2) is 14.8. The summed E-state index contributed by atoms with van der Waals surface area (Å²) in [4.78, 5) is 21.0. The van der Waals surface area contributed by atoms with Crippen LogP contribution in [0.1, 0.15) is 18.0 Å². The number of fused-ring (bicyclic) bond motifs is 6. The molecule has 0 bridgehead atoms. The molecular formula is C56H38N6. The monoisotopic (exact) mass is 794 g/mol. The molecule has 1 aliphatic carbocycles. The molecule has 0 fully saturated rings. The summed E-state index contributed by atoms with van der Waals surface area (Å²) in [5.74, 6) is 1.48. The van der Waals surface area contributed by atoms with Crippen molar-refractivity contribution >= 4 is 43.6 Å². The average molecular weight is 795 g/mol. The maximum Gasteiger partial charge on any atom is 0.235 e. The molecule has 0 saturated carbocycles. The molecular weight excluding hydrogens is 757 g/mol. The van der Waals surface area contributed by atoms with Gasteiger partial charge in [-0.1, -0.05) is 164 Å². The van der Waals surface area contributed by atoms with Crippen molar-refractivity contribution in [3.05, 3.63) is 218 Å². The van der Waals surface area contributed by atoms with Crippen molar-refractivity contribution in [1.29, 1.82) is 0 Å². The van der Waals surface area contributed by atoms with E-state index in [1.165, 1.54) is 0 Å². The van der Waals surface area contributed by atoms with Crippen molar-refractivity contribution < 1.29 is 0 Å². The van der Waals surface area contributed by atoms with Gasteiger partial charge >= 0.3 is 0 Å². The van der Waals surface area contributed by atoms with Gasteiger partial charge in [0.05, 0.1) is 44.8 Å². The smallest absolute Gasteiger partial charge is 0.235 e. The molecule has 1 unspecified atom stereocenters. The highest BCUT2D eigenvalue weighted by molar-refractivity contribution is 6.12. The van der Waals surface area contributed by atoms with Gasteiger partial charge in [-0.2, -0.15) is 0 Å². The van der Waals surface area contributed by atoms with Gasteiger partial charge < -0.3 is 0 Å². The van der Waals surface area contributed by atoms with Crippen LogP contribution in [-0.4, -0.2) is 29.1 Å². The molecule has 1 atom stereocenters. The fraction of sp³-hybridized carbons (Fsp3) is 0.0357. The lowest BCUT2D eigenvalue weighted by atomic mass is 9.96. The van der Waals surface area contributed by atoms with Crippen LogP contribution in [0.25, 0.3) is 100 Å². The Morgan fingerprint density at radius 1 is 0.355 bits per heavy atom. The van der Waals surface area contributed by atoms with Crippen LogP contribution < -0.4 is 0 Å². The number of benzene rings is 7. The third-order valence-electron chi connectivity index (χ3n) is 12.1. The summed E-state index contributed by atoms with van der Waals surface area (Å²) in [7, 11) is 0. The lowest BCUT2D eigenvalue weighted by Crippen LogP contribution is -2.08. The van der Waals surface area contributed by atoms with E-state index in [1.807, 2.05) is 18.2 Å². The minimum absolute atomic E-state index is 0.176. The first-order valence-electron chi connectivity index (χ1n) is 21.1. The van der Waals surface area contributed by atoms with Gasteiger partial charge in [-0.25, -0.2) is 19.9 Å². The molecule has 6 heteroatoms. The Kier molecular flexibility index (Phi) is 8.52. The Hall–Kier alpha value is -8.22. The van der Waals surface area contributed by atoms with Gasteiger partial charge in [0.2, 0.25) is 11.9 Å². The van der Waals surface area contributed by atoms with Crippen LogP contribution in [-0.2, 0) is 0 Å². The fourth-order valence-corrected chi connectivity index (χ4v) is 9.08. The number of rotatable bonds is 7. The van der Waals surface area contributed by atoms with Crippen molar-refractivity contribution in [2.45, 2.75) is 12.3 Å². The molecule has 62 heavy (non-hydrogen) atoms. The molecule has 0 amide bonds. The highest BCUT2D eigenvalue weighted by Gasteiger charge is 2.21. The molecule has 4 heterocycles. The van der Waals surface area contributed by atoms with Gasteiger partial charge in [0.25, 0.3) is 0 Å². The number of nitrogens with zero attached hydrogens (tertiary/aromatic N) is 6. The lowest BCUT2D eigenvalue weighted by Gasteiger charge is -2.16. The highest BCUT2D eigenvalue weighted by atomic mass is 15.2. The number of hydrogen-bond donors (Lipinski definition) is 0. The molecule has 4 aromatic heterocycles. The standard InChI is InChI=1S/C56H38N6/c1-5-17-37(18-6-1)47-35-48(38-19-7-2-8-20-38)58-55(57-47)61-51-27-15-13-25-43(51)45-33-41(29-31-53(45)61)42-30-32-54-46(34-42)44-26-14-16-28-52(44)62(54)56-59-49(39-21-9-3-10-22-39)36-50(60-56)40-23-11-4-12-24-40/h1-23,25-36,40H,24H2. The number of para-hydroxylation sites is 2. The number of allylic oxidation sites excluding steroid dienone is 4. The number of aromatic nitrogens is 6. The van der Waals surface area contributed by atoms with Crippen LogP contribution in [0.3, 0.4) is 0 Å². The second-order valence-corrected chi connectivity index (χ2v) is 15.8. The van der Waals surface area contributed by atoms with Crippen molar-refractivity contribution in [3.8, 4) is 56.8 Å². The average Bonchev–Trinajstić information content (AvgIpc) is 3.87. The van der Waals surface area contributed by atoms with Gasteiger partial charge in [0, 0.05) is 44.2 Å². The summed E-state index contributed by atoms with van der Waals surface area (Å²) >= 11 is 0. The van der Waals surface area contributed by atoms with E-state index in [1.54, 1.807) is 0 Å². The zero-order valence-electron chi connectivity index (χ0n) is 33.7. The zero-order chi connectivity index (χ0) is 41.0. The third-order valence-corrected chi connectivity index (χ3v) is 12.1. The normalized spacial score (nSPS) is 13.8. The molecule has 0 aliphatic heterocycles. The molecule has 0 N–H and O–H groups in total. The molecule has 0 spiro atoms. The molecule has 0 saturated heterocycles. The van der Waals surface area contributed by atoms with Crippen molar-refractivity contribution in [2.75, 3.05) is 0 Å². The Bertz CT molecular complexity index is 3490. The SMILES string of the molecule is C1=CCC(c2cc(-c3ccccc3)nc(-n3c4ccccc4c4cc(-c5ccc6c(c5)c5ccccc5n6-c5nc(-c6ccccc6)cc(-c6ccccc6)n5)ccc43)n2)C=C1. The van der Waals surface area contributed by atoms with E-state index in [2.05, 4.69) is 203 Å². The summed E-state index contributed by atoms with van der Waals surface area (Å²) in [6.07, 6.45) is 9.59. The van der Waals surface area contributed by atoms with Crippen LogP contribution in [0, 0.1) is 0 Å². The molecule has 11 aromatic rings. The van der Waals surface area contributed by atoms with Gasteiger partial charge in [-0.05, 0) is 66.1 Å². The van der Waals surface area contributed by atoms with E-state index in [9.17, 15) is 0 Å². The highest BCUT2D eigenvalue weighted by Crippen LogP contribution is 2.39. The Morgan fingerprint density at radius 3 is 1.27 bits per heavy atom. The molecule has 6 nitrogen and oxygen atoms in total. The quantitative estimate of drug-likeness (QED) is 0.161. The molecule has 12 rings (SSSR count). The van der Waals surface area contributed by atoms with E-state index in [4.69, 9.17) is 19.9 Å². The molecule has 292 valence electrons. The first-order valence-corrected chi connectivity index (χ1v) is 21.1. The first-order chi connectivity index (χ1) is 30.7. The molecule has 1 aliphatic rings. The van der Waals surface area contributed by atoms with Gasteiger partial charge in [0.15, 0.2) is 0 Å². The third kappa shape index (κ3) is 6.11. The van der Waals surface area contributed by atoms with Crippen LogP contribution >= 0.6 is 0 Å². The topological polar surface area (TPSA) is 61.4 Å². The minimum atomic E-state index is 0.176. The van der Waals surface area contributed by atoms with Crippen LogP contribution in [0.15, 0.2) is 212 Å². The van der Waals surface area contributed by atoms with E-state index < -0.39 is 0 Å². The summed E-state index contributed by atoms with van der Waals surface area (Å²) in [6.45, 7) is 0. The van der Waals surface area contributed by atoms with E-state index in [0.29, 0.717) is 11.9 Å². The largest absolute Gasteiger partial charge is 0.278 e. The maximum absolute atomic E-state index is 5.30. The van der Waals surface area contributed by atoms with Crippen LogP contribution in [0.2, 0.25) is 0 Å². The Morgan fingerprint density at radius 2 is 0.790 bits per heavy atom. The summed E-state index contributed by atoms with van der Waals surface area (Å²) in [5.41, 5.74) is 13.3. The van der Waals surface area contributed by atoms with Gasteiger partial charge in [0.1, 0.15) is 0 Å². The summed E-state index contributed by atoms with van der Waals surface area (Å²) in [5, 5.41) is 4.59. The van der Waals surface area contributed by atoms with Gasteiger partial charge in [-0.15, -0.1) is 0 Å². The van der Waals surface area contributed by atoms with E-state index in [-0.39, 0.29) is 5.92 Å². The second-order valence-electron chi connectivity index (χ2n) is 15.8. The lowest BCUT2D eigenvalue weighted by molar-refractivity contribution is 0.797. The Balaban J connectivity index is 1.02. The van der Waals surface area contributed by atoms with E-state index in [0.717, 1.165) is 101 Å². The first kappa shape index (κ1) is 35.7. The summed E-state index contributed by atoms with van der Waals surface area (Å²) < 4.78 is 4.44. The van der Waals surface area contributed by atoms with E-state index >= 15 is 0 Å². The zero-order valence-corrected chi connectivity index (χ0v) is 33.7. The van der Waals surface area contributed by atoms with Gasteiger partial charge in [-0.3, -0.25) is 9.13 Å². The van der Waals surface area contributed by atoms with Crippen molar-refractivity contribution in [3.63, 3.8) is 0 Å².